The van der Waals surface area contributed by atoms with E-state index in [1.807, 2.05) is 0 Å². The fourth-order valence-electron chi connectivity index (χ4n) is 0.881. The van der Waals surface area contributed by atoms with E-state index >= 15 is 0 Å². The van der Waals surface area contributed by atoms with Crippen LogP contribution in [0.3, 0.4) is 0 Å². The third kappa shape index (κ3) is 1.28. The molecule has 2 atom stereocenters. The summed E-state index contributed by atoms with van der Waals surface area (Å²) in [5.41, 5.74) is 0. The van der Waals surface area contributed by atoms with E-state index < -0.39 is 4.33 Å². The average molecular weight is 208 g/mol. The number of hydrogen-bond donors (Lipinski definition) is 0. The van der Waals surface area contributed by atoms with Crippen molar-refractivity contribution in [2.45, 2.75) is 4.33 Å². The Balaban J connectivity index is 2.45. The van der Waals surface area contributed by atoms with E-state index in [1.165, 1.54) is 0 Å². The first-order chi connectivity index (χ1) is 4.14. The van der Waals surface area contributed by atoms with E-state index in [9.17, 15) is 0 Å². The second-order valence-corrected chi connectivity index (χ2v) is 4.26. The Morgan fingerprint density at radius 1 is 1.00 bits per heavy atom. The highest BCUT2D eigenvalue weighted by Crippen LogP contribution is 2.59. The number of hydrogen-bond acceptors (Lipinski definition) is 0. The van der Waals surface area contributed by atoms with Crippen molar-refractivity contribution in [3.05, 3.63) is 0 Å². The van der Waals surface area contributed by atoms with Crippen molar-refractivity contribution >= 4 is 46.4 Å². The van der Waals surface area contributed by atoms with Gasteiger partial charge in [-0.25, -0.2) is 0 Å². The summed E-state index contributed by atoms with van der Waals surface area (Å²) in [6.45, 7) is 0. The fourth-order valence-corrected chi connectivity index (χ4v) is 2.91. The summed E-state index contributed by atoms with van der Waals surface area (Å²) in [5.74, 6) is 1.40. The summed E-state index contributed by atoms with van der Waals surface area (Å²) >= 11 is 22.6. The molecule has 0 aliphatic heterocycles. The summed E-state index contributed by atoms with van der Waals surface area (Å²) in [5, 5.41) is 0. The minimum absolute atomic E-state index is 0.194. The van der Waals surface area contributed by atoms with Crippen molar-refractivity contribution in [3.8, 4) is 0 Å². The minimum Gasteiger partial charge on any atom is -0.126 e. The molecule has 0 aromatic rings. The zero-order valence-corrected chi connectivity index (χ0v) is 7.60. The van der Waals surface area contributed by atoms with Crippen LogP contribution in [-0.4, -0.2) is 16.1 Å². The highest BCUT2D eigenvalue weighted by atomic mass is 35.5. The molecule has 0 nitrogen and oxygen atoms in total. The minimum atomic E-state index is -0.635. The zero-order valence-electron chi connectivity index (χ0n) is 4.58. The molecule has 0 aromatic heterocycles. The standard InChI is InChI=1S/C5H6Cl4/c6-1-3-4(2-7)5(3,8)9/h3-4H,1-2H2/t3-,4-/m0/s1. The van der Waals surface area contributed by atoms with Gasteiger partial charge in [-0.3, -0.25) is 0 Å². The number of rotatable bonds is 2. The Labute approximate surface area is 74.4 Å². The second-order valence-electron chi connectivity index (χ2n) is 2.20. The molecule has 0 radical (unpaired) electrons. The van der Waals surface area contributed by atoms with Crippen LogP contribution in [-0.2, 0) is 0 Å². The Hall–Kier alpha value is 1.16. The van der Waals surface area contributed by atoms with Crippen LogP contribution in [0.1, 0.15) is 0 Å². The quantitative estimate of drug-likeness (QED) is 0.612. The van der Waals surface area contributed by atoms with Crippen molar-refractivity contribution in [1.82, 2.24) is 0 Å². The van der Waals surface area contributed by atoms with E-state index in [2.05, 4.69) is 0 Å². The van der Waals surface area contributed by atoms with Gasteiger partial charge in [-0.1, -0.05) is 0 Å². The Morgan fingerprint density at radius 2 is 1.33 bits per heavy atom. The van der Waals surface area contributed by atoms with Crippen LogP contribution in [0.25, 0.3) is 0 Å². The van der Waals surface area contributed by atoms with Gasteiger partial charge in [0.05, 0.1) is 0 Å². The lowest BCUT2D eigenvalue weighted by Crippen LogP contribution is -1.91. The van der Waals surface area contributed by atoms with Crippen LogP contribution in [0.15, 0.2) is 0 Å². The largest absolute Gasteiger partial charge is 0.127 e. The van der Waals surface area contributed by atoms with E-state index in [0.29, 0.717) is 11.8 Å². The first-order valence-corrected chi connectivity index (χ1v) is 4.46. The molecule has 9 heavy (non-hydrogen) atoms. The molecule has 54 valence electrons. The second kappa shape index (κ2) is 2.65. The Kier molecular flexibility index (Phi) is 2.44. The van der Waals surface area contributed by atoms with E-state index in [1.54, 1.807) is 0 Å². The summed E-state index contributed by atoms with van der Waals surface area (Å²) in [4.78, 5) is 0. The van der Waals surface area contributed by atoms with Gasteiger partial charge in [-0.05, 0) is 0 Å². The predicted octanol–water partition coefficient (Wildman–Crippen LogP) is 2.88. The molecule has 0 saturated heterocycles. The predicted molar refractivity (Wildman–Crippen MR) is 42.9 cm³/mol. The van der Waals surface area contributed by atoms with Crippen LogP contribution in [0.2, 0.25) is 0 Å². The normalized spacial score (nSPS) is 38.7. The fraction of sp³-hybridized carbons (Fsp3) is 1.00. The van der Waals surface area contributed by atoms with Crippen molar-refractivity contribution in [3.63, 3.8) is 0 Å². The van der Waals surface area contributed by atoms with Crippen molar-refractivity contribution < 1.29 is 0 Å². The topological polar surface area (TPSA) is 0 Å². The molecule has 4 heteroatoms. The molecular weight excluding hydrogens is 202 g/mol. The lowest BCUT2D eigenvalue weighted by molar-refractivity contribution is 0.848. The van der Waals surface area contributed by atoms with Crippen molar-refractivity contribution in [2.24, 2.45) is 11.8 Å². The highest BCUT2D eigenvalue weighted by molar-refractivity contribution is 6.52. The Morgan fingerprint density at radius 3 is 1.44 bits per heavy atom. The first-order valence-electron chi connectivity index (χ1n) is 2.64. The molecule has 0 aromatic carbocycles. The molecule has 1 rings (SSSR count). The summed E-state index contributed by atoms with van der Waals surface area (Å²) in [7, 11) is 0. The third-order valence-corrected chi connectivity index (χ3v) is 3.48. The molecule has 1 fully saturated rings. The SMILES string of the molecule is ClC[C@H]1[C@H](CCl)C1(Cl)Cl. The smallest absolute Gasteiger partial charge is 0.126 e. The molecule has 1 aliphatic carbocycles. The molecule has 0 unspecified atom stereocenters. The van der Waals surface area contributed by atoms with Crippen molar-refractivity contribution in [1.29, 1.82) is 0 Å². The molecule has 0 N–H and O–H groups in total. The molecule has 0 spiro atoms. The lowest BCUT2D eigenvalue weighted by atomic mass is 10.4. The number of alkyl halides is 4. The van der Waals surface area contributed by atoms with Gasteiger partial charge in [0.2, 0.25) is 0 Å². The van der Waals surface area contributed by atoms with Crippen LogP contribution >= 0.6 is 46.4 Å². The van der Waals surface area contributed by atoms with Gasteiger partial charge in [0, 0.05) is 23.6 Å². The average Bonchev–Trinajstić information content (AvgIpc) is 2.32. The molecule has 0 amide bonds. The van der Waals surface area contributed by atoms with Gasteiger partial charge in [0.15, 0.2) is 0 Å². The van der Waals surface area contributed by atoms with Gasteiger partial charge in [0.1, 0.15) is 4.33 Å². The van der Waals surface area contributed by atoms with E-state index in [4.69, 9.17) is 46.4 Å². The van der Waals surface area contributed by atoms with Crippen LogP contribution < -0.4 is 0 Å². The molecule has 0 heterocycles. The van der Waals surface area contributed by atoms with Gasteiger partial charge in [-0.15, -0.1) is 46.4 Å². The third-order valence-electron chi connectivity index (χ3n) is 1.70. The Bertz CT molecular complexity index is 99.5. The first kappa shape index (κ1) is 8.26. The van der Waals surface area contributed by atoms with Gasteiger partial charge in [-0.2, -0.15) is 0 Å². The zero-order chi connectivity index (χ0) is 7.07. The molecular formula is C5H6Cl4. The molecule has 1 aliphatic rings. The van der Waals surface area contributed by atoms with E-state index in [0.717, 1.165) is 0 Å². The van der Waals surface area contributed by atoms with Gasteiger partial charge in [0.25, 0.3) is 0 Å². The van der Waals surface area contributed by atoms with Crippen LogP contribution in [0.5, 0.6) is 0 Å². The highest BCUT2D eigenvalue weighted by Gasteiger charge is 2.61. The van der Waals surface area contributed by atoms with Gasteiger partial charge < -0.3 is 0 Å². The number of halogens is 4. The van der Waals surface area contributed by atoms with Crippen LogP contribution in [0.4, 0.5) is 0 Å². The van der Waals surface area contributed by atoms with Crippen molar-refractivity contribution in [2.75, 3.05) is 11.8 Å². The monoisotopic (exact) mass is 206 g/mol. The molecule has 0 bridgehead atoms. The summed E-state index contributed by atoms with van der Waals surface area (Å²) < 4.78 is -0.635. The van der Waals surface area contributed by atoms with Gasteiger partial charge >= 0.3 is 0 Å². The summed E-state index contributed by atoms with van der Waals surface area (Å²) in [6.07, 6.45) is 0. The lowest BCUT2D eigenvalue weighted by Gasteiger charge is -1.90. The maximum atomic E-state index is 5.77. The summed E-state index contributed by atoms with van der Waals surface area (Å²) in [6, 6.07) is 0. The van der Waals surface area contributed by atoms with E-state index in [-0.39, 0.29) is 11.8 Å². The maximum Gasteiger partial charge on any atom is 0.127 e. The van der Waals surface area contributed by atoms with Crippen LogP contribution in [0, 0.1) is 11.8 Å². The maximum absolute atomic E-state index is 5.77. The molecule has 1 saturated carbocycles.